The van der Waals surface area contributed by atoms with Crippen LogP contribution in [0.3, 0.4) is 0 Å². The Morgan fingerprint density at radius 2 is 1.96 bits per heavy atom. The zero-order valence-electron chi connectivity index (χ0n) is 17.6. The summed E-state index contributed by atoms with van der Waals surface area (Å²) in [7, 11) is 1.83. The van der Waals surface area contributed by atoms with Gasteiger partial charge in [-0.3, -0.25) is 4.79 Å². The summed E-state index contributed by atoms with van der Waals surface area (Å²) >= 11 is 0. The lowest BCUT2D eigenvalue weighted by molar-refractivity contribution is -0.163. The molecule has 0 saturated heterocycles. The first-order chi connectivity index (χ1) is 12.9. The van der Waals surface area contributed by atoms with Crippen molar-refractivity contribution >= 4 is 5.78 Å². The molecule has 3 aliphatic carbocycles. The third kappa shape index (κ3) is 3.86. The smallest absolute Gasteiger partial charge is 0.158 e. The lowest BCUT2D eigenvalue weighted by atomic mass is 9.43. The topological polar surface area (TPSA) is 66.8 Å². The monoisotopic (exact) mass is 380 g/mol. The molecule has 0 aromatic heterocycles. The summed E-state index contributed by atoms with van der Waals surface area (Å²) in [6, 6.07) is 0. The zero-order chi connectivity index (χ0) is 19.7. The number of ether oxygens (including phenoxy) is 1. The van der Waals surface area contributed by atoms with E-state index in [-0.39, 0.29) is 29.3 Å². The molecule has 0 aromatic carbocycles. The van der Waals surface area contributed by atoms with Gasteiger partial charge in [-0.2, -0.15) is 0 Å². The molecule has 0 aromatic rings. The van der Waals surface area contributed by atoms with E-state index < -0.39 is 0 Å². The van der Waals surface area contributed by atoms with E-state index in [1.165, 1.54) is 19.3 Å². The highest BCUT2D eigenvalue weighted by atomic mass is 16.5. The highest BCUT2D eigenvalue weighted by molar-refractivity contribution is 5.80. The zero-order valence-corrected chi connectivity index (χ0v) is 17.6. The van der Waals surface area contributed by atoms with Gasteiger partial charge in [0.05, 0.1) is 12.7 Å². The normalized spacial score (nSPS) is 44.4. The number of rotatable bonds is 7. The van der Waals surface area contributed by atoms with Crippen LogP contribution in [0, 0.1) is 34.5 Å². The third-order valence-electron chi connectivity index (χ3n) is 8.64. The minimum Gasteiger partial charge on any atom is -0.393 e. The fourth-order valence-electron chi connectivity index (χ4n) is 7.57. The molecule has 156 valence electrons. The number of hydrogen-bond donors (Lipinski definition) is 2. The summed E-state index contributed by atoms with van der Waals surface area (Å²) in [5, 5.41) is 19.6. The van der Waals surface area contributed by atoms with Gasteiger partial charge in [0, 0.05) is 13.5 Å². The van der Waals surface area contributed by atoms with Gasteiger partial charge >= 0.3 is 0 Å². The molecule has 4 heteroatoms. The second kappa shape index (κ2) is 8.51. The molecular formula is C23H40O4. The van der Waals surface area contributed by atoms with E-state index in [1.807, 2.05) is 7.11 Å². The molecular weight excluding hydrogens is 340 g/mol. The number of aliphatic hydroxyl groups excluding tert-OH is 2. The first-order valence-electron chi connectivity index (χ1n) is 11.2. The molecule has 3 aliphatic rings. The minimum absolute atomic E-state index is 0.00173. The average Bonchev–Trinajstić information content (AvgIpc) is 2.64. The van der Waals surface area contributed by atoms with Gasteiger partial charge in [-0.05, 0) is 85.9 Å². The minimum atomic E-state index is -0.323. The molecule has 3 rings (SSSR count). The quantitative estimate of drug-likeness (QED) is 0.701. The Balaban J connectivity index is 1.90. The fourth-order valence-corrected chi connectivity index (χ4v) is 7.57. The molecule has 0 radical (unpaired) electrons. The van der Waals surface area contributed by atoms with Crippen LogP contribution in [0.4, 0.5) is 0 Å². The average molecular weight is 381 g/mol. The Hall–Kier alpha value is -0.450. The highest BCUT2D eigenvalue weighted by Gasteiger charge is 2.58. The molecule has 0 bridgehead atoms. The van der Waals surface area contributed by atoms with E-state index in [0.717, 1.165) is 45.1 Å². The number of carbonyl (C=O) groups excluding carboxylic acids is 1. The SMILES string of the molecule is CCC[C@H]1[C@@H]2CC[C@H]3C[C@H](O)CC[C@]3(COC)[C@H]2CC[C@]1(C)CC(=O)CO. The van der Waals surface area contributed by atoms with Crippen molar-refractivity contribution in [3.63, 3.8) is 0 Å². The van der Waals surface area contributed by atoms with Crippen LogP contribution < -0.4 is 0 Å². The molecule has 3 fully saturated rings. The number of aliphatic hydroxyl groups is 2. The summed E-state index contributed by atoms with van der Waals surface area (Å²) in [6.45, 7) is 5.05. The van der Waals surface area contributed by atoms with Crippen molar-refractivity contribution in [3.8, 4) is 0 Å². The first-order valence-corrected chi connectivity index (χ1v) is 11.2. The molecule has 3 saturated carbocycles. The lowest BCUT2D eigenvalue weighted by Crippen LogP contribution is -2.57. The molecule has 0 aliphatic heterocycles. The van der Waals surface area contributed by atoms with Gasteiger partial charge in [0.15, 0.2) is 5.78 Å². The van der Waals surface area contributed by atoms with Crippen LogP contribution in [0.2, 0.25) is 0 Å². The Morgan fingerprint density at radius 1 is 1.19 bits per heavy atom. The van der Waals surface area contributed by atoms with E-state index in [9.17, 15) is 15.0 Å². The van der Waals surface area contributed by atoms with Crippen LogP contribution in [0.25, 0.3) is 0 Å². The van der Waals surface area contributed by atoms with Crippen LogP contribution in [-0.4, -0.2) is 42.4 Å². The van der Waals surface area contributed by atoms with Crippen molar-refractivity contribution in [1.82, 2.24) is 0 Å². The van der Waals surface area contributed by atoms with Crippen LogP contribution >= 0.6 is 0 Å². The van der Waals surface area contributed by atoms with Crippen molar-refractivity contribution in [2.24, 2.45) is 34.5 Å². The van der Waals surface area contributed by atoms with Crippen molar-refractivity contribution in [2.45, 2.75) is 84.2 Å². The van der Waals surface area contributed by atoms with Gasteiger partial charge in [-0.15, -0.1) is 0 Å². The van der Waals surface area contributed by atoms with Crippen molar-refractivity contribution in [1.29, 1.82) is 0 Å². The number of Topliss-reactive ketones (excluding diaryl/α,β-unsaturated/α-hetero) is 1. The maximum Gasteiger partial charge on any atom is 0.158 e. The van der Waals surface area contributed by atoms with Gasteiger partial charge in [-0.25, -0.2) is 0 Å². The number of methoxy groups -OCH3 is 1. The van der Waals surface area contributed by atoms with E-state index in [0.29, 0.717) is 30.1 Å². The number of carbonyl (C=O) groups is 1. The Labute approximate surface area is 165 Å². The van der Waals surface area contributed by atoms with E-state index >= 15 is 0 Å². The second-order valence-electron chi connectivity index (χ2n) is 10.1. The highest BCUT2D eigenvalue weighted by Crippen LogP contribution is 2.64. The van der Waals surface area contributed by atoms with E-state index in [2.05, 4.69) is 13.8 Å². The van der Waals surface area contributed by atoms with E-state index in [1.54, 1.807) is 0 Å². The predicted octanol–water partition coefficient (Wildman–Crippen LogP) is 3.97. The van der Waals surface area contributed by atoms with Gasteiger partial charge in [0.25, 0.3) is 0 Å². The summed E-state index contributed by atoms with van der Waals surface area (Å²) in [5.74, 6) is 2.43. The van der Waals surface area contributed by atoms with Gasteiger partial charge in [0.1, 0.15) is 6.61 Å². The van der Waals surface area contributed by atoms with Crippen LogP contribution in [-0.2, 0) is 9.53 Å². The van der Waals surface area contributed by atoms with Crippen molar-refractivity contribution in [3.05, 3.63) is 0 Å². The maximum absolute atomic E-state index is 12.1. The molecule has 27 heavy (non-hydrogen) atoms. The van der Waals surface area contributed by atoms with Crippen molar-refractivity contribution in [2.75, 3.05) is 20.3 Å². The summed E-state index contributed by atoms with van der Waals surface area (Å²) in [6.07, 6.45) is 10.3. The molecule has 4 nitrogen and oxygen atoms in total. The largest absolute Gasteiger partial charge is 0.393 e. The Kier molecular flexibility index (Phi) is 6.70. The standard InChI is InChI=1S/C23H40O4/c1-4-5-20-19-7-6-16-12-17(25)8-11-23(16,15-27-3)21(19)9-10-22(20,2)13-18(26)14-24/h16-17,19-21,24-25H,4-15H2,1-3H3/t16-,17+,19-,20-,21-,22+,23+/m0/s1. The molecule has 0 heterocycles. The first kappa shape index (κ1) is 21.3. The Bertz CT molecular complexity index is 521. The molecule has 0 amide bonds. The Morgan fingerprint density at radius 3 is 2.63 bits per heavy atom. The summed E-state index contributed by atoms with van der Waals surface area (Å²) < 4.78 is 5.79. The molecule has 0 unspecified atom stereocenters. The van der Waals surface area contributed by atoms with Gasteiger partial charge in [-0.1, -0.05) is 20.3 Å². The van der Waals surface area contributed by atoms with Crippen LogP contribution in [0.5, 0.6) is 0 Å². The molecule has 2 N–H and O–H groups in total. The van der Waals surface area contributed by atoms with E-state index in [4.69, 9.17) is 4.74 Å². The third-order valence-corrected chi connectivity index (χ3v) is 8.64. The fraction of sp³-hybridized carbons (Fsp3) is 0.957. The number of ketones is 1. The van der Waals surface area contributed by atoms with Crippen molar-refractivity contribution < 1.29 is 19.7 Å². The summed E-state index contributed by atoms with van der Waals surface area (Å²) in [4.78, 5) is 12.1. The lowest BCUT2D eigenvalue weighted by Gasteiger charge is -2.62. The van der Waals surface area contributed by atoms with Crippen LogP contribution in [0.15, 0.2) is 0 Å². The van der Waals surface area contributed by atoms with Gasteiger partial charge in [0.2, 0.25) is 0 Å². The van der Waals surface area contributed by atoms with Crippen LogP contribution in [0.1, 0.15) is 78.1 Å². The number of hydrogen-bond acceptors (Lipinski definition) is 4. The number of fused-ring (bicyclic) bond motifs is 3. The summed E-state index contributed by atoms with van der Waals surface area (Å²) in [5.41, 5.74) is 0.234. The molecule has 0 spiro atoms. The predicted molar refractivity (Wildman–Crippen MR) is 106 cm³/mol. The van der Waals surface area contributed by atoms with Gasteiger partial charge < -0.3 is 14.9 Å². The maximum atomic E-state index is 12.1. The molecule has 7 atom stereocenters. The second-order valence-corrected chi connectivity index (χ2v) is 10.1.